The molecule has 0 aliphatic heterocycles. The third-order valence-electron chi connectivity index (χ3n) is 3.58. The van der Waals surface area contributed by atoms with Crippen LogP contribution >= 0.6 is 11.6 Å². The van der Waals surface area contributed by atoms with Gasteiger partial charge in [-0.1, -0.05) is 41.9 Å². The Morgan fingerprint density at radius 1 is 1.05 bits per heavy atom. The van der Waals surface area contributed by atoms with E-state index >= 15 is 0 Å². The average Bonchev–Trinajstić information content (AvgIpc) is 2.91. The number of benzene rings is 2. The molecule has 0 amide bonds. The van der Waals surface area contributed by atoms with Gasteiger partial charge in [-0.25, -0.2) is 4.98 Å². The molecule has 0 aliphatic rings. The van der Waals surface area contributed by atoms with E-state index in [9.17, 15) is 0 Å². The fourth-order valence-electron chi connectivity index (χ4n) is 2.59. The van der Waals surface area contributed by atoms with E-state index in [2.05, 4.69) is 4.98 Å². The molecule has 0 bridgehead atoms. The van der Waals surface area contributed by atoms with E-state index in [-0.39, 0.29) is 0 Å². The highest BCUT2D eigenvalue weighted by atomic mass is 35.5. The van der Waals surface area contributed by atoms with Crippen molar-refractivity contribution < 1.29 is 4.42 Å². The predicted octanol–water partition coefficient (Wildman–Crippen LogP) is 4.88. The minimum Gasteiger partial charge on any atom is -0.456 e. The topological polar surface area (TPSA) is 52.0 Å². The summed E-state index contributed by atoms with van der Waals surface area (Å²) in [7, 11) is 0. The number of nitrogens with two attached hydrogens (primary N) is 1. The van der Waals surface area contributed by atoms with Crippen LogP contribution in [0.2, 0.25) is 5.02 Å². The summed E-state index contributed by atoms with van der Waals surface area (Å²) in [6.07, 6.45) is 1.73. The summed E-state index contributed by atoms with van der Waals surface area (Å²) < 4.78 is 5.92. The van der Waals surface area contributed by atoms with Crippen LogP contribution < -0.4 is 5.73 Å². The van der Waals surface area contributed by atoms with Gasteiger partial charge in [0, 0.05) is 22.5 Å². The van der Waals surface area contributed by atoms with Crippen LogP contribution in [0, 0.1) is 0 Å². The van der Waals surface area contributed by atoms with Crippen LogP contribution in [0.4, 0.5) is 5.82 Å². The molecule has 0 atom stereocenters. The van der Waals surface area contributed by atoms with E-state index in [1.165, 1.54) is 0 Å². The summed E-state index contributed by atoms with van der Waals surface area (Å²) in [5.74, 6) is 1.19. The number of furan rings is 1. The van der Waals surface area contributed by atoms with Crippen molar-refractivity contribution >= 4 is 39.2 Å². The summed E-state index contributed by atoms with van der Waals surface area (Å²) >= 11 is 6.25. The van der Waals surface area contributed by atoms with Crippen molar-refractivity contribution in [3.05, 3.63) is 59.8 Å². The largest absolute Gasteiger partial charge is 0.456 e. The molecule has 2 heterocycles. The lowest BCUT2D eigenvalue weighted by atomic mass is 10.0. The Bertz CT molecular complexity index is 934. The second-order valence-electron chi connectivity index (χ2n) is 4.87. The van der Waals surface area contributed by atoms with Crippen molar-refractivity contribution in [2.24, 2.45) is 0 Å². The quantitative estimate of drug-likeness (QED) is 0.544. The first kappa shape index (κ1) is 12.2. The number of aromatic nitrogens is 1. The van der Waals surface area contributed by atoms with Crippen molar-refractivity contribution in [3.63, 3.8) is 0 Å². The third kappa shape index (κ3) is 1.86. The zero-order valence-corrected chi connectivity index (χ0v) is 11.8. The number of nitrogens with zero attached hydrogens (tertiary/aromatic N) is 1. The van der Waals surface area contributed by atoms with Gasteiger partial charge in [0.05, 0.1) is 5.02 Å². The minimum absolute atomic E-state index is 0.426. The predicted molar refractivity (Wildman–Crippen MR) is 86.4 cm³/mol. The zero-order chi connectivity index (χ0) is 14.4. The standard InChI is InChI=1S/C17H11ClN2O/c18-13-6-3-5-11-12(9-20-17(19)16(11)13)15-8-10-4-1-2-7-14(10)21-15/h1-9H,(H2,19,20). The van der Waals surface area contributed by atoms with E-state index in [4.69, 9.17) is 21.8 Å². The van der Waals surface area contributed by atoms with Crippen LogP contribution in [0.5, 0.6) is 0 Å². The number of anilines is 1. The number of hydrogen-bond donors (Lipinski definition) is 1. The lowest BCUT2D eigenvalue weighted by molar-refractivity contribution is 0.632. The van der Waals surface area contributed by atoms with Crippen molar-refractivity contribution in [2.75, 3.05) is 5.73 Å². The fraction of sp³-hybridized carbons (Fsp3) is 0. The number of nitrogen functional groups attached to an aromatic ring is 1. The number of hydrogen-bond acceptors (Lipinski definition) is 3. The Labute approximate surface area is 126 Å². The van der Waals surface area contributed by atoms with Gasteiger partial charge in [-0.2, -0.15) is 0 Å². The Balaban J connectivity index is 2.06. The molecule has 0 saturated heterocycles. The molecule has 0 fully saturated rings. The molecule has 0 unspecified atom stereocenters. The van der Waals surface area contributed by atoms with Gasteiger partial charge >= 0.3 is 0 Å². The summed E-state index contributed by atoms with van der Waals surface area (Å²) in [5.41, 5.74) is 7.69. The molecule has 2 N–H and O–H groups in total. The van der Waals surface area contributed by atoms with Gasteiger partial charge in [0.15, 0.2) is 0 Å². The van der Waals surface area contributed by atoms with Crippen molar-refractivity contribution in [1.82, 2.24) is 4.98 Å². The first-order valence-corrected chi connectivity index (χ1v) is 6.93. The van der Waals surface area contributed by atoms with Crippen molar-refractivity contribution in [2.45, 2.75) is 0 Å². The molecular weight excluding hydrogens is 284 g/mol. The van der Waals surface area contributed by atoms with E-state index in [1.54, 1.807) is 6.20 Å². The maximum atomic E-state index is 6.25. The molecule has 4 aromatic rings. The number of para-hydroxylation sites is 1. The monoisotopic (exact) mass is 294 g/mol. The zero-order valence-electron chi connectivity index (χ0n) is 11.0. The van der Waals surface area contributed by atoms with Crippen LogP contribution in [-0.2, 0) is 0 Å². The maximum absolute atomic E-state index is 6.25. The van der Waals surface area contributed by atoms with Gasteiger partial charge < -0.3 is 10.2 Å². The van der Waals surface area contributed by atoms with Gasteiger partial charge in [0.25, 0.3) is 0 Å². The minimum atomic E-state index is 0.426. The molecule has 0 saturated carbocycles. The van der Waals surface area contributed by atoms with Gasteiger partial charge in [0.1, 0.15) is 17.2 Å². The lowest BCUT2D eigenvalue weighted by Crippen LogP contribution is -1.93. The van der Waals surface area contributed by atoms with E-state index in [1.807, 2.05) is 48.5 Å². The van der Waals surface area contributed by atoms with Gasteiger partial charge in [-0.3, -0.25) is 0 Å². The fourth-order valence-corrected chi connectivity index (χ4v) is 2.86. The number of pyridine rings is 1. The number of fused-ring (bicyclic) bond motifs is 2. The third-order valence-corrected chi connectivity index (χ3v) is 3.90. The molecule has 102 valence electrons. The highest BCUT2D eigenvalue weighted by Crippen LogP contribution is 2.36. The summed E-state index contributed by atoms with van der Waals surface area (Å²) in [6.45, 7) is 0. The van der Waals surface area contributed by atoms with E-state index < -0.39 is 0 Å². The van der Waals surface area contributed by atoms with Gasteiger partial charge in [0.2, 0.25) is 0 Å². The van der Waals surface area contributed by atoms with Gasteiger partial charge in [-0.05, 0) is 23.6 Å². The molecule has 2 aromatic carbocycles. The molecule has 0 aliphatic carbocycles. The lowest BCUT2D eigenvalue weighted by Gasteiger charge is -2.07. The molecule has 4 rings (SSSR count). The Morgan fingerprint density at radius 3 is 2.76 bits per heavy atom. The molecule has 4 heteroatoms. The van der Waals surface area contributed by atoms with E-state index in [0.29, 0.717) is 10.8 Å². The van der Waals surface area contributed by atoms with Crippen LogP contribution in [0.25, 0.3) is 33.1 Å². The van der Waals surface area contributed by atoms with Crippen molar-refractivity contribution in [1.29, 1.82) is 0 Å². The normalized spacial score (nSPS) is 11.3. The molecule has 3 nitrogen and oxygen atoms in total. The summed E-state index contributed by atoms with van der Waals surface area (Å²) in [5, 5.41) is 3.35. The highest BCUT2D eigenvalue weighted by molar-refractivity contribution is 6.36. The van der Waals surface area contributed by atoms with Crippen LogP contribution in [0.1, 0.15) is 0 Å². The summed E-state index contributed by atoms with van der Waals surface area (Å²) in [6, 6.07) is 15.6. The molecule has 2 aromatic heterocycles. The average molecular weight is 295 g/mol. The SMILES string of the molecule is Nc1ncc(-c2cc3ccccc3o2)c2cccc(Cl)c12. The molecule has 0 radical (unpaired) electrons. The van der Waals surface area contributed by atoms with Crippen molar-refractivity contribution in [3.8, 4) is 11.3 Å². The second-order valence-corrected chi connectivity index (χ2v) is 5.28. The van der Waals surface area contributed by atoms with E-state index in [0.717, 1.165) is 33.1 Å². The van der Waals surface area contributed by atoms with Crippen LogP contribution in [0.15, 0.2) is 59.1 Å². The maximum Gasteiger partial charge on any atom is 0.137 e. The smallest absolute Gasteiger partial charge is 0.137 e. The van der Waals surface area contributed by atoms with Crippen LogP contribution in [-0.4, -0.2) is 4.98 Å². The molecule has 21 heavy (non-hydrogen) atoms. The first-order chi connectivity index (χ1) is 10.2. The summed E-state index contributed by atoms with van der Waals surface area (Å²) in [4.78, 5) is 4.25. The first-order valence-electron chi connectivity index (χ1n) is 6.56. The molecule has 0 spiro atoms. The molecular formula is C17H11ClN2O. The van der Waals surface area contributed by atoms with Crippen LogP contribution in [0.3, 0.4) is 0 Å². The number of halogens is 1. The highest BCUT2D eigenvalue weighted by Gasteiger charge is 2.13. The Morgan fingerprint density at radius 2 is 1.90 bits per heavy atom. The second kappa shape index (κ2) is 4.50. The van der Waals surface area contributed by atoms with Gasteiger partial charge in [-0.15, -0.1) is 0 Å². The Kier molecular flexibility index (Phi) is 2.62. The number of rotatable bonds is 1. The Hall–Kier alpha value is -2.52.